The third-order valence-corrected chi connectivity index (χ3v) is 5.87. The van der Waals surface area contributed by atoms with Crippen LogP contribution in [0.3, 0.4) is 0 Å². The van der Waals surface area contributed by atoms with Gasteiger partial charge in [0.2, 0.25) is 5.95 Å². The number of hydrogen-bond acceptors (Lipinski definition) is 6. The van der Waals surface area contributed by atoms with E-state index in [0.717, 1.165) is 48.4 Å². The number of aryl methyl sites for hydroxylation is 1. The number of rotatable bonds is 6. The Morgan fingerprint density at radius 3 is 2.62 bits per heavy atom. The maximum atomic E-state index is 13.4. The number of methoxy groups -OCH3 is 1. The molecule has 32 heavy (non-hydrogen) atoms. The Hall–Kier alpha value is -3.42. The van der Waals surface area contributed by atoms with E-state index in [0.29, 0.717) is 18.2 Å². The van der Waals surface area contributed by atoms with Gasteiger partial charge in [-0.05, 0) is 49.9 Å². The van der Waals surface area contributed by atoms with E-state index in [1.54, 1.807) is 17.9 Å². The fourth-order valence-electron chi connectivity index (χ4n) is 4.11. The van der Waals surface area contributed by atoms with Crippen LogP contribution in [0.5, 0.6) is 5.75 Å². The number of carbonyl (C=O) groups is 1. The van der Waals surface area contributed by atoms with E-state index in [2.05, 4.69) is 10.1 Å². The van der Waals surface area contributed by atoms with Gasteiger partial charge in [-0.3, -0.25) is 9.48 Å². The van der Waals surface area contributed by atoms with Gasteiger partial charge in [-0.25, -0.2) is 9.97 Å². The zero-order valence-corrected chi connectivity index (χ0v) is 19.2. The number of carbonyl (C=O) groups excluding carboxylic acids is 1. The minimum Gasteiger partial charge on any atom is -0.497 e. The number of amides is 1. The molecule has 0 unspecified atom stereocenters. The highest BCUT2D eigenvalue weighted by molar-refractivity contribution is 5.92. The minimum atomic E-state index is -0.137. The van der Waals surface area contributed by atoms with Crippen molar-refractivity contribution in [3.05, 3.63) is 54.1 Å². The molecule has 8 nitrogen and oxygen atoms in total. The van der Waals surface area contributed by atoms with E-state index in [4.69, 9.17) is 9.72 Å². The lowest BCUT2D eigenvalue weighted by Crippen LogP contribution is -2.39. The molecule has 0 spiro atoms. The van der Waals surface area contributed by atoms with Crippen LogP contribution in [-0.4, -0.2) is 58.3 Å². The van der Waals surface area contributed by atoms with E-state index in [1.807, 2.05) is 67.5 Å². The molecule has 1 aliphatic heterocycles. The Kier molecular flexibility index (Phi) is 6.39. The first-order valence-corrected chi connectivity index (χ1v) is 11.0. The monoisotopic (exact) mass is 434 g/mol. The van der Waals surface area contributed by atoms with Gasteiger partial charge in [0.25, 0.3) is 5.91 Å². The lowest BCUT2D eigenvalue weighted by Gasteiger charge is -2.36. The first-order valence-electron chi connectivity index (χ1n) is 11.0. The normalized spacial score (nSPS) is 16.1. The number of aromatic nitrogens is 4. The molecule has 0 saturated carbocycles. The number of ether oxygens (including phenoxy) is 1. The maximum absolute atomic E-state index is 13.4. The van der Waals surface area contributed by atoms with Crippen molar-refractivity contribution in [3.63, 3.8) is 0 Å². The summed E-state index contributed by atoms with van der Waals surface area (Å²) in [6.45, 7) is 3.43. The van der Waals surface area contributed by atoms with Crippen LogP contribution in [0.2, 0.25) is 0 Å². The average Bonchev–Trinajstić information content (AvgIpc) is 3.33. The van der Waals surface area contributed by atoms with Crippen LogP contribution in [0.25, 0.3) is 11.1 Å². The van der Waals surface area contributed by atoms with Crippen LogP contribution in [0, 0.1) is 0 Å². The molecule has 4 rings (SSSR count). The molecular formula is C24H30N6O2. The van der Waals surface area contributed by atoms with Crippen molar-refractivity contribution in [2.24, 2.45) is 0 Å². The van der Waals surface area contributed by atoms with Gasteiger partial charge >= 0.3 is 0 Å². The van der Waals surface area contributed by atoms with E-state index in [1.165, 1.54) is 0 Å². The second kappa shape index (κ2) is 9.38. The van der Waals surface area contributed by atoms with Crippen molar-refractivity contribution in [1.29, 1.82) is 0 Å². The van der Waals surface area contributed by atoms with Gasteiger partial charge in [0.15, 0.2) is 0 Å². The largest absolute Gasteiger partial charge is 0.497 e. The molecule has 1 amide bonds. The Balaban J connectivity index is 1.77. The first-order chi connectivity index (χ1) is 15.5. The van der Waals surface area contributed by atoms with Crippen molar-refractivity contribution in [2.45, 2.75) is 38.8 Å². The van der Waals surface area contributed by atoms with Crippen LogP contribution >= 0.6 is 0 Å². The summed E-state index contributed by atoms with van der Waals surface area (Å²) in [5.41, 5.74) is 3.28. The SMILES string of the molecule is CCn1ccc(C(=O)N2CCCC[C@H]2c2nc(N(C)C)ncc2-c2ccc(OC)cc2)n1. The zero-order chi connectivity index (χ0) is 22.7. The maximum Gasteiger partial charge on any atom is 0.274 e. The third-order valence-electron chi connectivity index (χ3n) is 5.87. The molecule has 1 aliphatic rings. The highest BCUT2D eigenvalue weighted by Gasteiger charge is 2.33. The van der Waals surface area contributed by atoms with E-state index >= 15 is 0 Å². The van der Waals surface area contributed by atoms with Crippen LogP contribution < -0.4 is 9.64 Å². The topological polar surface area (TPSA) is 76.4 Å². The number of hydrogen-bond donors (Lipinski definition) is 0. The molecule has 1 fully saturated rings. The molecule has 3 heterocycles. The molecule has 0 radical (unpaired) electrons. The van der Waals surface area contributed by atoms with Crippen molar-refractivity contribution in [1.82, 2.24) is 24.6 Å². The molecule has 1 atom stereocenters. The zero-order valence-electron chi connectivity index (χ0n) is 19.2. The summed E-state index contributed by atoms with van der Waals surface area (Å²) in [6, 6.07) is 9.54. The summed E-state index contributed by atoms with van der Waals surface area (Å²) in [5.74, 6) is 1.38. The second-order valence-electron chi connectivity index (χ2n) is 8.16. The molecule has 0 bridgehead atoms. The Morgan fingerprint density at radius 1 is 1.19 bits per heavy atom. The van der Waals surface area contributed by atoms with Gasteiger partial charge in [0.1, 0.15) is 11.4 Å². The predicted molar refractivity (Wildman–Crippen MR) is 124 cm³/mol. The van der Waals surface area contributed by atoms with Gasteiger partial charge < -0.3 is 14.5 Å². The number of benzene rings is 1. The van der Waals surface area contributed by atoms with Crippen molar-refractivity contribution < 1.29 is 9.53 Å². The molecule has 1 aromatic carbocycles. The van der Waals surface area contributed by atoms with Gasteiger partial charge in [0.05, 0.1) is 18.8 Å². The predicted octanol–water partition coefficient (Wildman–Crippen LogP) is 3.80. The summed E-state index contributed by atoms with van der Waals surface area (Å²) in [5, 5.41) is 4.45. The Labute approximate surface area is 188 Å². The summed E-state index contributed by atoms with van der Waals surface area (Å²) in [4.78, 5) is 26.7. The second-order valence-corrected chi connectivity index (χ2v) is 8.16. The van der Waals surface area contributed by atoms with E-state index < -0.39 is 0 Å². The number of likely N-dealkylation sites (tertiary alicyclic amines) is 1. The Morgan fingerprint density at radius 2 is 1.97 bits per heavy atom. The van der Waals surface area contributed by atoms with Gasteiger partial charge in [-0.1, -0.05) is 12.1 Å². The van der Waals surface area contributed by atoms with Crippen LogP contribution in [0.1, 0.15) is 48.4 Å². The Bertz CT molecular complexity index is 1080. The van der Waals surface area contributed by atoms with Crippen LogP contribution in [0.15, 0.2) is 42.7 Å². The number of piperidine rings is 1. The van der Waals surface area contributed by atoms with E-state index in [-0.39, 0.29) is 11.9 Å². The molecule has 168 valence electrons. The summed E-state index contributed by atoms with van der Waals surface area (Å²) in [6.07, 6.45) is 6.58. The molecular weight excluding hydrogens is 404 g/mol. The molecule has 0 aliphatic carbocycles. The lowest BCUT2D eigenvalue weighted by atomic mass is 9.93. The summed E-state index contributed by atoms with van der Waals surface area (Å²) in [7, 11) is 5.50. The average molecular weight is 435 g/mol. The molecule has 2 aromatic heterocycles. The standard InChI is InChI=1S/C24H30N6O2/c1-5-29-15-13-20(27-29)23(31)30-14-7-6-8-21(30)22-19(16-25-24(26-22)28(2)3)17-9-11-18(32-4)12-10-17/h9-13,15-16,21H,5-8,14H2,1-4H3/t21-/m0/s1. The quantitative estimate of drug-likeness (QED) is 0.587. The molecule has 3 aromatic rings. The molecule has 1 saturated heterocycles. The van der Waals surface area contributed by atoms with E-state index in [9.17, 15) is 4.79 Å². The minimum absolute atomic E-state index is 0.0485. The van der Waals surface area contributed by atoms with Crippen molar-refractivity contribution in [3.8, 4) is 16.9 Å². The van der Waals surface area contributed by atoms with Crippen LogP contribution in [0.4, 0.5) is 5.95 Å². The summed E-state index contributed by atoms with van der Waals surface area (Å²) < 4.78 is 7.09. The highest BCUT2D eigenvalue weighted by Crippen LogP contribution is 2.37. The first kappa shape index (κ1) is 21.8. The van der Waals surface area contributed by atoms with Gasteiger partial charge in [-0.15, -0.1) is 0 Å². The third kappa shape index (κ3) is 4.30. The number of nitrogens with zero attached hydrogens (tertiary/aromatic N) is 6. The van der Waals surface area contributed by atoms with Gasteiger partial charge in [0, 0.05) is 45.1 Å². The number of anilines is 1. The highest BCUT2D eigenvalue weighted by atomic mass is 16.5. The molecule has 0 N–H and O–H groups in total. The molecule has 8 heteroatoms. The lowest BCUT2D eigenvalue weighted by molar-refractivity contribution is 0.0599. The van der Waals surface area contributed by atoms with Crippen LogP contribution in [-0.2, 0) is 6.54 Å². The smallest absolute Gasteiger partial charge is 0.274 e. The van der Waals surface area contributed by atoms with Gasteiger partial charge in [-0.2, -0.15) is 5.10 Å². The fourth-order valence-corrected chi connectivity index (χ4v) is 4.11. The summed E-state index contributed by atoms with van der Waals surface area (Å²) >= 11 is 0. The van der Waals surface area contributed by atoms with Crippen molar-refractivity contribution >= 4 is 11.9 Å². The fraction of sp³-hybridized carbons (Fsp3) is 0.417. The van der Waals surface area contributed by atoms with Crippen molar-refractivity contribution in [2.75, 3.05) is 32.6 Å².